The van der Waals surface area contributed by atoms with Crippen molar-refractivity contribution in [2.24, 2.45) is 5.73 Å². The van der Waals surface area contributed by atoms with Crippen LogP contribution < -0.4 is 11.1 Å². The molecule has 1 aliphatic heterocycles. The Morgan fingerprint density at radius 2 is 1.95 bits per heavy atom. The number of aromatic nitrogens is 1. The molecule has 1 aromatic carbocycles. The molecule has 0 spiro atoms. The summed E-state index contributed by atoms with van der Waals surface area (Å²) in [5.41, 5.74) is 8.28. The lowest BCUT2D eigenvalue weighted by Crippen LogP contribution is -2.03. The minimum atomic E-state index is 0.720. The van der Waals surface area contributed by atoms with Crippen LogP contribution in [0.15, 0.2) is 30.5 Å². The maximum Gasteiger partial charge on any atom is 0.0483 e. The fourth-order valence-corrected chi connectivity index (χ4v) is 2.56. The number of rotatable bonds is 3. The van der Waals surface area contributed by atoms with Gasteiger partial charge in [0.1, 0.15) is 0 Å². The van der Waals surface area contributed by atoms with Gasteiger partial charge in [0, 0.05) is 23.6 Å². The van der Waals surface area contributed by atoms with Gasteiger partial charge in [-0.25, -0.2) is 0 Å². The Morgan fingerprint density at radius 3 is 2.53 bits per heavy atom. The molecule has 0 amide bonds. The maximum atomic E-state index is 5.59. The summed E-state index contributed by atoms with van der Waals surface area (Å²) in [6.45, 7) is 6.40. The monoisotopic (exact) mass is 259 g/mol. The number of hydrogen-bond acceptors (Lipinski definition) is 2. The van der Waals surface area contributed by atoms with E-state index in [0.29, 0.717) is 0 Å². The highest BCUT2D eigenvalue weighted by atomic mass is 14.9. The zero-order valence-electron chi connectivity index (χ0n) is 11.9. The van der Waals surface area contributed by atoms with E-state index in [1.54, 1.807) is 0 Å². The van der Waals surface area contributed by atoms with Crippen molar-refractivity contribution in [3.05, 3.63) is 36.0 Å². The van der Waals surface area contributed by atoms with Crippen LogP contribution in [0.1, 0.15) is 25.3 Å². The molecule has 0 radical (unpaired) electrons. The number of aryl methyl sites for hydroxylation is 1. The SMILES string of the molecule is C1CCNC1.CCn1cc(CCN)c2ccccc21. The van der Waals surface area contributed by atoms with Crippen molar-refractivity contribution in [3.8, 4) is 0 Å². The van der Waals surface area contributed by atoms with Crippen LogP contribution in [0.2, 0.25) is 0 Å². The van der Waals surface area contributed by atoms with Crippen LogP contribution in [0.4, 0.5) is 0 Å². The molecule has 3 heteroatoms. The zero-order valence-corrected chi connectivity index (χ0v) is 11.9. The molecule has 2 heterocycles. The predicted molar refractivity (Wildman–Crippen MR) is 82.5 cm³/mol. The maximum absolute atomic E-state index is 5.59. The van der Waals surface area contributed by atoms with E-state index in [4.69, 9.17) is 5.73 Å². The van der Waals surface area contributed by atoms with Gasteiger partial charge in [0.25, 0.3) is 0 Å². The molecule has 1 aromatic heterocycles. The molecular weight excluding hydrogens is 234 g/mol. The fraction of sp³-hybridized carbons (Fsp3) is 0.500. The van der Waals surface area contributed by atoms with Crippen molar-refractivity contribution in [1.29, 1.82) is 0 Å². The number of nitrogens with zero attached hydrogens (tertiary/aromatic N) is 1. The molecule has 0 unspecified atom stereocenters. The molecule has 2 aromatic rings. The van der Waals surface area contributed by atoms with Gasteiger partial charge < -0.3 is 15.6 Å². The van der Waals surface area contributed by atoms with Gasteiger partial charge in [0.2, 0.25) is 0 Å². The molecule has 1 saturated heterocycles. The summed E-state index contributed by atoms with van der Waals surface area (Å²) in [7, 11) is 0. The zero-order chi connectivity index (χ0) is 13.5. The molecule has 3 nitrogen and oxygen atoms in total. The fourth-order valence-electron chi connectivity index (χ4n) is 2.56. The number of nitrogens with two attached hydrogens (primary N) is 1. The van der Waals surface area contributed by atoms with Gasteiger partial charge in [-0.15, -0.1) is 0 Å². The van der Waals surface area contributed by atoms with Crippen molar-refractivity contribution in [1.82, 2.24) is 9.88 Å². The molecule has 1 aliphatic rings. The average molecular weight is 259 g/mol. The predicted octanol–water partition coefficient (Wildman–Crippen LogP) is 2.53. The summed E-state index contributed by atoms with van der Waals surface area (Å²) in [5.74, 6) is 0. The van der Waals surface area contributed by atoms with Crippen molar-refractivity contribution >= 4 is 10.9 Å². The van der Waals surface area contributed by atoms with Crippen LogP contribution in [0.5, 0.6) is 0 Å². The first-order valence-corrected chi connectivity index (χ1v) is 7.34. The highest BCUT2D eigenvalue weighted by Crippen LogP contribution is 2.21. The Bertz CT molecular complexity index is 490. The largest absolute Gasteiger partial charge is 0.347 e. The van der Waals surface area contributed by atoms with Crippen molar-refractivity contribution in [2.75, 3.05) is 19.6 Å². The summed E-state index contributed by atoms with van der Waals surface area (Å²) in [6.07, 6.45) is 5.96. The average Bonchev–Trinajstić information content (AvgIpc) is 3.11. The lowest BCUT2D eigenvalue weighted by molar-refractivity contribution is 0.790. The van der Waals surface area contributed by atoms with Crippen molar-refractivity contribution < 1.29 is 0 Å². The minimum Gasteiger partial charge on any atom is -0.347 e. The van der Waals surface area contributed by atoms with Crippen LogP contribution in [-0.4, -0.2) is 24.2 Å². The first kappa shape index (κ1) is 14.1. The first-order chi connectivity index (χ1) is 9.36. The third-order valence-electron chi connectivity index (χ3n) is 3.58. The summed E-state index contributed by atoms with van der Waals surface area (Å²) in [5, 5.41) is 4.57. The second-order valence-electron chi connectivity index (χ2n) is 4.95. The second-order valence-corrected chi connectivity index (χ2v) is 4.95. The van der Waals surface area contributed by atoms with Crippen LogP contribution in [0.3, 0.4) is 0 Å². The third kappa shape index (κ3) is 3.58. The molecule has 104 valence electrons. The summed E-state index contributed by atoms with van der Waals surface area (Å²) in [6, 6.07) is 8.51. The molecule has 0 saturated carbocycles. The van der Waals surface area contributed by atoms with E-state index in [2.05, 4.69) is 47.3 Å². The minimum absolute atomic E-state index is 0.720. The van der Waals surface area contributed by atoms with Crippen molar-refractivity contribution in [2.45, 2.75) is 32.7 Å². The van der Waals surface area contributed by atoms with E-state index >= 15 is 0 Å². The lowest BCUT2D eigenvalue weighted by Gasteiger charge is -1.98. The Morgan fingerprint density at radius 1 is 1.21 bits per heavy atom. The Balaban J connectivity index is 0.000000224. The van der Waals surface area contributed by atoms with Gasteiger partial charge in [0.15, 0.2) is 0 Å². The van der Waals surface area contributed by atoms with E-state index in [9.17, 15) is 0 Å². The van der Waals surface area contributed by atoms with Gasteiger partial charge in [-0.1, -0.05) is 18.2 Å². The van der Waals surface area contributed by atoms with E-state index in [0.717, 1.165) is 19.5 Å². The number of hydrogen-bond donors (Lipinski definition) is 2. The second kappa shape index (κ2) is 7.31. The number of fused-ring (bicyclic) bond motifs is 1. The molecule has 19 heavy (non-hydrogen) atoms. The van der Waals surface area contributed by atoms with E-state index < -0.39 is 0 Å². The van der Waals surface area contributed by atoms with Gasteiger partial charge >= 0.3 is 0 Å². The van der Waals surface area contributed by atoms with E-state index in [1.807, 2.05) is 0 Å². The Labute approximate surface area is 115 Å². The number of para-hydroxylation sites is 1. The molecule has 0 bridgehead atoms. The van der Waals surface area contributed by atoms with Gasteiger partial charge in [-0.05, 0) is 57.5 Å². The summed E-state index contributed by atoms with van der Waals surface area (Å²) >= 11 is 0. The highest BCUT2D eigenvalue weighted by molar-refractivity contribution is 5.83. The van der Waals surface area contributed by atoms with Gasteiger partial charge in [-0.2, -0.15) is 0 Å². The topological polar surface area (TPSA) is 43.0 Å². The van der Waals surface area contributed by atoms with Crippen molar-refractivity contribution in [3.63, 3.8) is 0 Å². The quantitative estimate of drug-likeness (QED) is 0.889. The van der Waals surface area contributed by atoms with Gasteiger partial charge in [-0.3, -0.25) is 0 Å². The molecule has 3 N–H and O–H groups in total. The Hall–Kier alpha value is -1.32. The van der Waals surface area contributed by atoms with Crippen LogP contribution >= 0.6 is 0 Å². The van der Waals surface area contributed by atoms with Crippen LogP contribution in [0.25, 0.3) is 10.9 Å². The van der Waals surface area contributed by atoms with Gasteiger partial charge in [0.05, 0.1) is 0 Å². The van der Waals surface area contributed by atoms with Crippen LogP contribution in [0, 0.1) is 0 Å². The lowest BCUT2D eigenvalue weighted by atomic mass is 10.1. The molecule has 0 aliphatic carbocycles. The smallest absolute Gasteiger partial charge is 0.0483 e. The number of nitrogens with one attached hydrogen (secondary N) is 1. The molecular formula is C16H25N3. The first-order valence-electron chi connectivity index (χ1n) is 7.34. The molecule has 1 fully saturated rings. The standard InChI is InChI=1S/C12H16N2.C4H9N/c1-2-14-9-10(7-8-13)11-5-3-4-6-12(11)14;1-2-4-5-3-1/h3-6,9H,2,7-8,13H2,1H3;5H,1-4H2. The summed E-state index contributed by atoms with van der Waals surface area (Å²) < 4.78 is 2.28. The molecule has 3 rings (SSSR count). The third-order valence-corrected chi connectivity index (χ3v) is 3.58. The van der Waals surface area contributed by atoms with E-state index in [1.165, 1.54) is 42.4 Å². The Kier molecular flexibility index (Phi) is 5.43. The molecule has 0 atom stereocenters. The number of benzene rings is 1. The van der Waals surface area contributed by atoms with Crippen LogP contribution in [-0.2, 0) is 13.0 Å². The normalized spacial score (nSPS) is 14.4. The summed E-state index contributed by atoms with van der Waals surface area (Å²) in [4.78, 5) is 0. The van der Waals surface area contributed by atoms with E-state index in [-0.39, 0.29) is 0 Å². The highest BCUT2D eigenvalue weighted by Gasteiger charge is 2.05.